The number of rotatable bonds is 9. The number of hydrogen-bond acceptors (Lipinski definition) is 1. The average molecular weight is 901 g/mol. The van der Waals surface area contributed by atoms with Gasteiger partial charge in [-0.25, -0.2) is 0 Å². The lowest BCUT2D eigenvalue weighted by atomic mass is 9.97. The van der Waals surface area contributed by atoms with Crippen molar-refractivity contribution < 1.29 is 13.7 Å². The average Bonchev–Trinajstić information content (AvgIpc) is 3.89. The van der Waals surface area contributed by atoms with E-state index in [1.165, 1.54) is 16.8 Å². The van der Waals surface area contributed by atoms with Crippen LogP contribution >= 0.6 is 0 Å². The van der Waals surface area contributed by atoms with Crippen molar-refractivity contribution in [3.05, 3.63) is 279 Å². The van der Waals surface area contributed by atoms with Crippen LogP contribution in [0, 0.1) is 0 Å². The van der Waals surface area contributed by atoms with Gasteiger partial charge >= 0.3 is 0 Å². The zero-order chi connectivity index (χ0) is 55.1. The monoisotopic (exact) mass is 900 g/mol. The fourth-order valence-corrected chi connectivity index (χ4v) is 10.1. The van der Waals surface area contributed by atoms with Crippen LogP contribution in [0.2, 0.25) is 0 Å². The molecule has 0 fully saturated rings. The van der Waals surface area contributed by atoms with Crippen molar-refractivity contribution in [3.8, 4) is 61.3 Å². The van der Waals surface area contributed by atoms with Crippen LogP contribution < -0.4 is 4.90 Å². The van der Waals surface area contributed by atoms with Gasteiger partial charge in [0.05, 0.1) is 30.4 Å². The molecule has 0 unspecified atom stereocenters. The maximum Gasteiger partial charge on any atom is 0.0629 e. The Morgan fingerprint density at radius 2 is 0.829 bits per heavy atom. The molecule has 0 N–H and O–H groups in total. The second-order valence-electron chi connectivity index (χ2n) is 17.4. The van der Waals surface area contributed by atoms with Gasteiger partial charge in [0.1, 0.15) is 0 Å². The Bertz CT molecular complexity index is 4490. The van der Waals surface area contributed by atoms with Crippen LogP contribution in [-0.2, 0) is 0 Å². The molecule has 13 rings (SSSR count). The predicted molar refractivity (Wildman–Crippen MR) is 298 cm³/mol. The molecule has 2 heteroatoms. The van der Waals surface area contributed by atoms with E-state index in [0.717, 1.165) is 71.6 Å². The predicted octanol–water partition coefficient (Wildman–Crippen LogP) is 18.9. The molecule has 0 amide bonds. The van der Waals surface area contributed by atoms with E-state index in [-0.39, 0.29) is 22.3 Å². The van der Waals surface area contributed by atoms with Crippen LogP contribution in [0.1, 0.15) is 13.7 Å². The van der Waals surface area contributed by atoms with Crippen molar-refractivity contribution in [2.45, 2.75) is 0 Å². The van der Waals surface area contributed by atoms with E-state index in [4.69, 9.17) is 13.7 Å². The van der Waals surface area contributed by atoms with Crippen molar-refractivity contribution in [2.24, 2.45) is 0 Å². The van der Waals surface area contributed by atoms with Gasteiger partial charge in [-0.3, -0.25) is 0 Å². The van der Waals surface area contributed by atoms with E-state index in [0.29, 0.717) is 17.1 Å². The van der Waals surface area contributed by atoms with Gasteiger partial charge in [-0.2, -0.15) is 0 Å². The molecule has 12 aromatic carbocycles. The number of anilines is 3. The van der Waals surface area contributed by atoms with E-state index in [9.17, 15) is 0 Å². The zero-order valence-corrected chi connectivity index (χ0v) is 37.7. The fourth-order valence-electron chi connectivity index (χ4n) is 10.1. The highest BCUT2D eigenvalue weighted by Gasteiger charge is 2.20. The van der Waals surface area contributed by atoms with E-state index in [1.807, 2.05) is 77.7 Å². The number of benzene rings is 12. The van der Waals surface area contributed by atoms with Gasteiger partial charge in [-0.05, 0) is 132 Å². The lowest BCUT2D eigenvalue weighted by Crippen LogP contribution is -2.10. The van der Waals surface area contributed by atoms with Crippen LogP contribution in [0.15, 0.2) is 279 Å². The Hall–Kier alpha value is -9.24. The molecule has 13 aromatic rings. The highest BCUT2D eigenvalue weighted by Crippen LogP contribution is 2.44. The van der Waals surface area contributed by atoms with Crippen molar-refractivity contribution in [3.63, 3.8) is 0 Å². The third-order valence-electron chi connectivity index (χ3n) is 13.3. The van der Waals surface area contributed by atoms with Gasteiger partial charge in [-0.15, -0.1) is 0 Å². The van der Waals surface area contributed by atoms with E-state index >= 15 is 0 Å². The largest absolute Gasteiger partial charge is 0.310 e. The summed E-state index contributed by atoms with van der Waals surface area (Å²) >= 11 is 0. The Morgan fingerprint density at radius 1 is 0.300 bits per heavy atom. The van der Waals surface area contributed by atoms with Crippen molar-refractivity contribution in [1.29, 1.82) is 0 Å². The van der Waals surface area contributed by atoms with Crippen LogP contribution in [0.4, 0.5) is 17.1 Å². The molecule has 0 spiro atoms. The molecule has 0 saturated carbocycles. The van der Waals surface area contributed by atoms with Crippen LogP contribution in [0.3, 0.4) is 0 Å². The minimum atomic E-state index is -0.550. The van der Waals surface area contributed by atoms with Crippen LogP contribution in [0.25, 0.3) is 105 Å². The summed E-state index contributed by atoms with van der Waals surface area (Å²) in [5, 5.41) is 6.88. The first-order chi connectivity index (χ1) is 38.9. The second-order valence-corrected chi connectivity index (χ2v) is 17.4. The van der Waals surface area contributed by atoms with Gasteiger partial charge in [0, 0.05) is 33.2 Å². The summed E-state index contributed by atoms with van der Waals surface area (Å²) in [7, 11) is 0. The quantitative estimate of drug-likeness (QED) is 0.140. The minimum absolute atomic E-state index is 0.0953. The molecule has 0 bridgehead atoms. The van der Waals surface area contributed by atoms with Crippen LogP contribution in [0.5, 0.6) is 0 Å². The molecule has 0 aliphatic heterocycles. The fraction of sp³-hybridized carbons (Fsp3) is 0. The summed E-state index contributed by atoms with van der Waals surface area (Å²) in [5.41, 5.74) is 11.4. The molecule has 1 heterocycles. The molecule has 0 saturated heterocycles. The zero-order valence-electron chi connectivity index (χ0n) is 47.7. The van der Waals surface area contributed by atoms with Gasteiger partial charge < -0.3 is 9.47 Å². The highest BCUT2D eigenvalue weighted by atomic mass is 15.1. The van der Waals surface area contributed by atoms with Gasteiger partial charge in [0.2, 0.25) is 0 Å². The number of nitrogens with zero attached hydrogens (tertiary/aromatic N) is 2. The summed E-state index contributed by atoms with van der Waals surface area (Å²) in [6, 6.07) is 69.2. The summed E-state index contributed by atoms with van der Waals surface area (Å²) < 4.78 is 89.9. The molecule has 0 aliphatic carbocycles. The Kier molecular flexibility index (Phi) is 7.89. The number of hydrogen-bond donors (Lipinski definition) is 0. The molecule has 70 heavy (non-hydrogen) atoms. The number of fused-ring (bicyclic) bond motifs is 6. The third-order valence-corrected chi connectivity index (χ3v) is 13.3. The first-order valence-electron chi connectivity index (χ1n) is 28.3. The van der Waals surface area contributed by atoms with E-state index in [2.05, 4.69) is 132 Å². The first kappa shape index (κ1) is 31.7. The second kappa shape index (κ2) is 17.4. The van der Waals surface area contributed by atoms with Crippen molar-refractivity contribution in [1.82, 2.24) is 4.57 Å². The maximum atomic E-state index is 9.05. The summed E-state index contributed by atoms with van der Waals surface area (Å²) in [6.45, 7) is 0. The number of aromatic nitrogens is 1. The smallest absolute Gasteiger partial charge is 0.0629 e. The minimum Gasteiger partial charge on any atom is -0.310 e. The molecule has 0 radical (unpaired) electrons. The Labute approximate surface area is 422 Å². The molecule has 0 atom stereocenters. The lowest BCUT2D eigenvalue weighted by Gasteiger charge is -2.27. The first-order valence-corrected chi connectivity index (χ1v) is 23.3. The van der Waals surface area contributed by atoms with Gasteiger partial charge in [-0.1, -0.05) is 218 Å². The Morgan fingerprint density at radius 3 is 1.47 bits per heavy atom. The van der Waals surface area contributed by atoms with Crippen molar-refractivity contribution in [2.75, 3.05) is 4.90 Å². The molecular formula is C68H46N2. The lowest BCUT2D eigenvalue weighted by molar-refractivity contribution is 1.20. The topological polar surface area (TPSA) is 8.17 Å². The Balaban J connectivity index is 1.01. The van der Waals surface area contributed by atoms with Crippen molar-refractivity contribution >= 4 is 60.4 Å². The van der Waals surface area contributed by atoms with E-state index in [1.54, 1.807) is 12.1 Å². The highest BCUT2D eigenvalue weighted by molar-refractivity contribution is 6.22. The normalized spacial score (nSPS) is 13.4. The SMILES string of the molecule is [2H]c1c([2H])c([2H])c(-c2cc(-c3c([2H])c([2H])c([2H])c([2H])c3[2H])cc(N(c3ccc(-c4ccccc4)cc3)c3ccc(-c4ccc5c6c7ccccc7ccc6n(-c6ccc(-c7ccccc7)c7ccccc67)c5c4)cc3)c2)c([2H])c1[2H]. The summed E-state index contributed by atoms with van der Waals surface area (Å²) in [6.07, 6.45) is 0. The third kappa shape index (κ3) is 7.31. The van der Waals surface area contributed by atoms with Gasteiger partial charge in [0.15, 0.2) is 0 Å². The van der Waals surface area contributed by atoms with Gasteiger partial charge in [0.25, 0.3) is 0 Å². The molecular weight excluding hydrogens is 845 g/mol. The summed E-state index contributed by atoms with van der Waals surface area (Å²) in [4.78, 5) is 1.96. The standard InChI is InChI=1S/C68H46N2/c1-5-17-47(18-6-1)50-29-35-57(36-30-50)69(59-44-55(48-19-7-2-8-20-48)43-56(45-59)49-21-9-3-10-22-49)58-37-31-51(32-38-58)54-33-39-64-67(46-54)70(66-41-34-53-25-13-14-26-61(53)68(64)66)65-42-40-60(52-23-11-4-12-24-52)62-27-15-16-28-63(62)65/h1-46H/i2D,3D,7D,8D,9D,10D,19D,20D,21D,22D. The molecule has 1 aromatic heterocycles. The molecule has 328 valence electrons. The maximum absolute atomic E-state index is 9.05. The van der Waals surface area contributed by atoms with Crippen LogP contribution in [-0.4, -0.2) is 4.57 Å². The molecule has 0 aliphatic rings. The summed E-state index contributed by atoms with van der Waals surface area (Å²) in [5.74, 6) is 0. The van der Waals surface area contributed by atoms with E-state index < -0.39 is 60.4 Å². The molecule has 2 nitrogen and oxygen atoms in total.